The number of hydrazone groups is 1. The lowest BCUT2D eigenvalue weighted by Gasteiger charge is -2.07. The number of anilines is 1. The number of aromatic nitrogens is 1. The molecule has 0 unspecified atom stereocenters. The van der Waals surface area contributed by atoms with E-state index in [0.717, 1.165) is 5.76 Å². The maximum absolute atomic E-state index is 11.9. The molecule has 3 N–H and O–H groups in total. The van der Waals surface area contributed by atoms with Crippen LogP contribution >= 0.6 is 34.8 Å². The number of hydrogen-bond donors (Lipinski definition) is 2. The van der Waals surface area contributed by atoms with Gasteiger partial charge in [0.1, 0.15) is 16.5 Å². The average Bonchev–Trinajstić information content (AvgIpc) is 2.86. The normalized spacial score (nSPS) is 11.0. The van der Waals surface area contributed by atoms with E-state index >= 15 is 0 Å². The summed E-state index contributed by atoms with van der Waals surface area (Å²) in [6.07, 6.45) is 1.33. The number of aryl methyl sites for hydroxylation is 1. The van der Waals surface area contributed by atoms with E-state index in [9.17, 15) is 4.79 Å². The Kier molecular flexibility index (Phi) is 4.72. The first-order valence-electron chi connectivity index (χ1n) is 5.60. The van der Waals surface area contributed by atoms with E-state index in [4.69, 9.17) is 45.0 Å². The lowest BCUT2D eigenvalue weighted by molar-refractivity contribution is 0.0950. The van der Waals surface area contributed by atoms with E-state index in [1.807, 2.05) is 0 Å². The Morgan fingerprint density at radius 2 is 2.10 bits per heavy atom. The van der Waals surface area contributed by atoms with Gasteiger partial charge in [-0.1, -0.05) is 34.8 Å². The van der Waals surface area contributed by atoms with Crippen LogP contribution in [0.4, 0.5) is 5.69 Å². The van der Waals surface area contributed by atoms with Crippen LogP contribution in [0, 0.1) is 6.92 Å². The van der Waals surface area contributed by atoms with E-state index in [1.165, 1.54) is 6.21 Å². The largest absolute Gasteiger partial charge is 0.460 e. The highest BCUT2D eigenvalue weighted by molar-refractivity contribution is 6.46. The van der Waals surface area contributed by atoms with Gasteiger partial charge in [0.05, 0.1) is 16.9 Å². The van der Waals surface area contributed by atoms with Crippen molar-refractivity contribution in [2.75, 3.05) is 5.73 Å². The van der Waals surface area contributed by atoms with Crippen LogP contribution in [0.2, 0.25) is 15.2 Å². The quantitative estimate of drug-likeness (QED) is 0.506. The zero-order valence-corrected chi connectivity index (χ0v) is 12.9. The van der Waals surface area contributed by atoms with E-state index in [1.54, 1.807) is 19.1 Å². The van der Waals surface area contributed by atoms with E-state index in [0.29, 0.717) is 5.76 Å². The van der Waals surface area contributed by atoms with Gasteiger partial charge in [-0.05, 0) is 19.1 Å². The molecule has 1 amide bonds. The molecule has 9 heteroatoms. The summed E-state index contributed by atoms with van der Waals surface area (Å²) in [5.74, 6) is 0.537. The Morgan fingerprint density at radius 1 is 1.38 bits per heavy atom. The molecular weight excluding hydrogens is 339 g/mol. The fourth-order valence-electron chi connectivity index (χ4n) is 1.41. The Balaban J connectivity index is 2.16. The molecule has 2 aromatic rings. The van der Waals surface area contributed by atoms with Crippen molar-refractivity contribution in [3.8, 4) is 0 Å². The minimum atomic E-state index is -0.676. The number of nitrogens with zero attached hydrogens (tertiary/aromatic N) is 2. The minimum absolute atomic E-state index is 0.00669. The van der Waals surface area contributed by atoms with Crippen molar-refractivity contribution in [2.24, 2.45) is 5.10 Å². The highest BCUT2D eigenvalue weighted by Crippen LogP contribution is 2.34. The number of halogens is 3. The van der Waals surface area contributed by atoms with Gasteiger partial charge in [-0.25, -0.2) is 10.4 Å². The highest BCUT2D eigenvalue weighted by Gasteiger charge is 2.19. The fraction of sp³-hybridized carbons (Fsp3) is 0.0833. The molecule has 0 saturated heterocycles. The predicted molar refractivity (Wildman–Crippen MR) is 82.2 cm³/mol. The second-order valence-corrected chi connectivity index (χ2v) is 5.05. The van der Waals surface area contributed by atoms with Crippen LogP contribution < -0.4 is 11.2 Å². The lowest BCUT2D eigenvalue weighted by Crippen LogP contribution is -2.20. The summed E-state index contributed by atoms with van der Waals surface area (Å²) in [5.41, 5.74) is 7.67. The summed E-state index contributed by atoms with van der Waals surface area (Å²) in [6.45, 7) is 1.79. The van der Waals surface area contributed by atoms with E-state index in [2.05, 4.69) is 15.5 Å². The molecule has 0 bridgehead atoms. The average molecular weight is 348 g/mol. The number of carbonyl (C=O) groups excluding carboxylic acids is 1. The first-order valence-corrected chi connectivity index (χ1v) is 6.73. The van der Waals surface area contributed by atoms with Gasteiger partial charge in [-0.15, -0.1) is 0 Å². The maximum atomic E-state index is 11.9. The first kappa shape index (κ1) is 15.6. The van der Waals surface area contributed by atoms with Crippen LogP contribution in [-0.2, 0) is 0 Å². The third-order valence-corrected chi connectivity index (χ3v) is 3.54. The molecule has 110 valence electrons. The number of rotatable bonds is 3. The maximum Gasteiger partial charge on any atom is 0.291 e. The van der Waals surface area contributed by atoms with E-state index < -0.39 is 5.91 Å². The monoisotopic (exact) mass is 346 g/mol. The molecular formula is C12H9Cl3N4O2. The van der Waals surface area contributed by atoms with Crippen molar-refractivity contribution in [3.63, 3.8) is 0 Å². The van der Waals surface area contributed by atoms with Crippen LogP contribution in [0.3, 0.4) is 0 Å². The number of nitrogens with two attached hydrogens (primary N) is 1. The Hall–Kier alpha value is -1.76. The highest BCUT2D eigenvalue weighted by atomic mass is 35.5. The molecule has 0 aromatic carbocycles. The Labute approximate surface area is 134 Å². The molecule has 0 aliphatic heterocycles. The van der Waals surface area contributed by atoms with Crippen LogP contribution in [0.1, 0.15) is 22.0 Å². The molecule has 0 spiro atoms. The molecule has 0 saturated carbocycles. The van der Waals surface area contributed by atoms with Gasteiger partial charge >= 0.3 is 0 Å². The second kappa shape index (κ2) is 6.34. The van der Waals surface area contributed by atoms with Gasteiger partial charge in [-0.3, -0.25) is 4.79 Å². The fourth-order valence-corrected chi connectivity index (χ4v) is 2.01. The summed E-state index contributed by atoms with van der Waals surface area (Å²) in [6, 6.07) is 3.47. The number of pyridine rings is 1. The van der Waals surface area contributed by atoms with Crippen molar-refractivity contribution in [3.05, 3.63) is 44.5 Å². The zero-order chi connectivity index (χ0) is 15.6. The summed E-state index contributed by atoms with van der Waals surface area (Å²) >= 11 is 17.4. The van der Waals surface area contributed by atoms with Crippen LogP contribution in [0.15, 0.2) is 21.7 Å². The van der Waals surface area contributed by atoms with E-state index in [-0.39, 0.29) is 26.6 Å². The smallest absolute Gasteiger partial charge is 0.291 e. The lowest BCUT2D eigenvalue weighted by atomic mass is 10.3. The van der Waals surface area contributed by atoms with Gasteiger partial charge in [0.15, 0.2) is 10.8 Å². The number of nitrogen functional groups attached to an aromatic ring is 1. The SMILES string of the molecule is Cc1ccc(/C=N/NC(=O)c2nc(Cl)c(Cl)c(N)c2Cl)o1. The van der Waals surface area contributed by atoms with Gasteiger partial charge in [0, 0.05) is 0 Å². The molecule has 21 heavy (non-hydrogen) atoms. The first-order chi connectivity index (χ1) is 9.90. The van der Waals surface area contributed by atoms with Crippen molar-refractivity contribution < 1.29 is 9.21 Å². The summed E-state index contributed by atoms with van der Waals surface area (Å²) < 4.78 is 5.25. The summed E-state index contributed by atoms with van der Waals surface area (Å²) in [7, 11) is 0. The van der Waals surface area contributed by atoms with Gasteiger partial charge in [0.2, 0.25) is 0 Å². The van der Waals surface area contributed by atoms with Crippen molar-refractivity contribution in [1.82, 2.24) is 10.4 Å². The van der Waals surface area contributed by atoms with Crippen LogP contribution in [0.25, 0.3) is 0 Å². The van der Waals surface area contributed by atoms with Gasteiger partial charge in [0.25, 0.3) is 5.91 Å². The molecule has 0 fully saturated rings. The summed E-state index contributed by atoms with van der Waals surface area (Å²) in [4.78, 5) is 15.7. The molecule has 0 atom stereocenters. The van der Waals surface area contributed by atoms with Crippen molar-refractivity contribution >= 4 is 52.6 Å². The predicted octanol–water partition coefficient (Wildman–Crippen LogP) is 3.29. The number of hydrogen-bond acceptors (Lipinski definition) is 5. The Bertz CT molecular complexity index is 728. The molecule has 2 rings (SSSR count). The molecule has 2 aromatic heterocycles. The molecule has 0 aliphatic rings. The third kappa shape index (κ3) is 3.47. The standard InChI is InChI=1S/C12H9Cl3N4O2/c1-5-2-3-6(21-5)4-17-19-12(20)10-7(13)9(16)8(14)11(15)18-10/h2-4H,1H3,(H2,16,18)(H,19,20)/b17-4+. The molecule has 6 nitrogen and oxygen atoms in total. The third-order valence-electron chi connectivity index (χ3n) is 2.41. The van der Waals surface area contributed by atoms with Crippen LogP contribution in [0.5, 0.6) is 0 Å². The Morgan fingerprint density at radius 3 is 2.71 bits per heavy atom. The van der Waals surface area contributed by atoms with Crippen molar-refractivity contribution in [2.45, 2.75) is 6.92 Å². The number of carbonyl (C=O) groups is 1. The van der Waals surface area contributed by atoms with Crippen molar-refractivity contribution in [1.29, 1.82) is 0 Å². The number of nitrogens with one attached hydrogen (secondary N) is 1. The molecule has 0 aliphatic carbocycles. The molecule has 0 radical (unpaired) electrons. The number of amides is 1. The zero-order valence-electron chi connectivity index (χ0n) is 10.7. The van der Waals surface area contributed by atoms with Crippen LogP contribution in [-0.4, -0.2) is 17.1 Å². The molecule has 2 heterocycles. The second-order valence-electron chi connectivity index (χ2n) is 3.94. The minimum Gasteiger partial charge on any atom is -0.460 e. The topological polar surface area (TPSA) is 93.5 Å². The van der Waals surface area contributed by atoms with Gasteiger partial charge in [-0.2, -0.15) is 5.10 Å². The van der Waals surface area contributed by atoms with Gasteiger partial charge < -0.3 is 10.2 Å². The summed E-state index contributed by atoms with van der Waals surface area (Å²) in [5, 5.41) is 3.51. The number of furan rings is 1.